The van der Waals surface area contributed by atoms with Crippen LogP contribution in [0.25, 0.3) is 10.6 Å². The molecule has 2 aromatic rings. The van der Waals surface area contributed by atoms with Gasteiger partial charge in [0, 0.05) is 10.9 Å². The summed E-state index contributed by atoms with van der Waals surface area (Å²) in [6.45, 7) is 1.53. The van der Waals surface area contributed by atoms with E-state index in [-0.39, 0.29) is 5.56 Å². The van der Waals surface area contributed by atoms with E-state index in [4.69, 9.17) is 0 Å². The Bertz CT molecular complexity index is 530. The smallest absolute Gasteiger partial charge is 0.194 e. The van der Waals surface area contributed by atoms with E-state index in [9.17, 15) is 18.3 Å². The Morgan fingerprint density at radius 3 is 2.29 bits per heavy atom. The lowest BCUT2D eigenvalue weighted by molar-refractivity contribution is 0.195. The molecule has 0 fully saturated rings. The van der Waals surface area contributed by atoms with Crippen LogP contribution in [0.2, 0.25) is 0 Å². The summed E-state index contributed by atoms with van der Waals surface area (Å²) >= 11 is 1.13. The number of hydrogen-bond donors (Lipinski definition) is 1. The molecule has 2 nitrogen and oxygen atoms in total. The number of nitrogens with zero attached hydrogens (tertiary/aromatic N) is 1. The van der Waals surface area contributed by atoms with E-state index in [2.05, 4.69) is 4.98 Å². The second-order valence-corrected chi connectivity index (χ2v) is 4.37. The Labute approximate surface area is 99.4 Å². The topological polar surface area (TPSA) is 33.1 Å². The lowest BCUT2D eigenvalue weighted by Gasteiger charge is -2.00. The van der Waals surface area contributed by atoms with Crippen LogP contribution in [0.3, 0.4) is 0 Å². The Morgan fingerprint density at radius 2 is 1.82 bits per heavy atom. The maximum atomic E-state index is 13.0. The zero-order valence-corrected chi connectivity index (χ0v) is 9.56. The van der Waals surface area contributed by atoms with Crippen LogP contribution in [0.1, 0.15) is 18.7 Å². The van der Waals surface area contributed by atoms with E-state index in [1.165, 1.54) is 6.92 Å². The van der Waals surface area contributed by atoms with E-state index in [1.807, 2.05) is 0 Å². The van der Waals surface area contributed by atoms with Crippen LogP contribution in [0.5, 0.6) is 0 Å². The molecular formula is C11H8F3NOS. The van der Waals surface area contributed by atoms with Gasteiger partial charge in [-0.15, -0.1) is 11.3 Å². The zero-order valence-electron chi connectivity index (χ0n) is 8.75. The van der Waals surface area contributed by atoms with Gasteiger partial charge in [0.05, 0.1) is 11.8 Å². The van der Waals surface area contributed by atoms with Crippen molar-refractivity contribution in [2.45, 2.75) is 13.0 Å². The predicted molar refractivity (Wildman–Crippen MR) is 58.1 cm³/mol. The third-order valence-corrected chi connectivity index (χ3v) is 3.09. The molecule has 0 spiro atoms. The first-order valence-corrected chi connectivity index (χ1v) is 5.65. The average molecular weight is 259 g/mol. The van der Waals surface area contributed by atoms with Crippen molar-refractivity contribution in [2.24, 2.45) is 0 Å². The van der Waals surface area contributed by atoms with E-state index in [0.717, 1.165) is 23.5 Å². The van der Waals surface area contributed by atoms with Crippen LogP contribution >= 0.6 is 11.3 Å². The lowest BCUT2D eigenvalue weighted by atomic mass is 10.2. The first kappa shape index (κ1) is 12.1. The van der Waals surface area contributed by atoms with Crippen molar-refractivity contribution in [2.75, 3.05) is 0 Å². The van der Waals surface area contributed by atoms with Crippen molar-refractivity contribution in [1.82, 2.24) is 4.98 Å². The summed E-state index contributed by atoms with van der Waals surface area (Å²) in [4.78, 5) is 4.00. The van der Waals surface area contributed by atoms with Crippen LogP contribution < -0.4 is 0 Å². The number of aromatic nitrogens is 1. The van der Waals surface area contributed by atoms with Crippen molar-refractivity contribution in [3.05, 3.63) is 40.7 Å². The maximum absolute atomic E-state index is 13.0. The van der Waals surface area contributed by atoms with Gasteiger partial charge in [-0.2, -0.15) is 0 Å². The van der Waals surface area contributed by atoms with Crippen molar-refractivity contribution in [3.8, 4) is 10.6 Å². The molecule has 1 unspecified atom stereocenters. The second-order valence-electron chi connectivity index (χ2n) is 3.51. The Kier molecular flexibility index (Phi) is 3.17. The predicted octanol–water partition coefficient (Wildman–Crippen LogP) is 3.28. The van der Waals surface area contributed by atoms with Crippen LogP contribution in [-0.4, -0.2) is 10.1 Å². The highest BCUT2D eigenvalue weighted by Crippen LogP contribution is 2.28. The van der Waals surface area contributed by atoms with Crippen molar-refractivity contribution in [3.63, 3.8) is 0 Å². The normalized spacial score (nSPS) is 12.8. The highest BCUT2D eigenvalue weighted by atomic mass is 32.1. The summed E-state index contributed by atoms with van der Waals surface area (Å²) in [6.07, 6.45) is -0.754. The molecule has 1 aromatic carbocycles. The van der Waals surface area contributed by atoms with E-state index < -0.39 is 23.6 Å². The van der Waals surface area contributed by atoms with Gasteiger partial charge < -0.3 is 5.11 Å². The summed E-state index contributed by atoms with van der Waals surface area (Å²) in [6, 6.07) is 1.76. The van der Waals surface area contributed by atoms with Gasteiger partial charge in [0.1, 0.15) is 5.01 Å². The first-order chi connectivity index (χ1) is 7.99. The van der Waals surface area contributed by atoms with Crippen LogP contribution in [0.4, 0.5) is 13.2 Å². The maximum Gasteiger partial charge on any atom is 0.194 e. The van der Waals surface area contributed by atoms with Crippen molar-refractivity contribution >= 4 is 11.3 Å². The number of rotatable bonds is 2. The molecule has 0 bridgehead atoms. The van der Waals surface area contributed by atoms with Gasteiger partial charge in [-0.25, -0.2) is 18.2 Å². The van der Waals surface area contributed by atoms with Gasteiger partial charge in [-0.05, 0) is 19.1 Å². The standard InChI is InChI=1S/C11H8F3NOS/c1-5(16)9-4-17-11(15-9)6-2-7(12)10(14)8(13)3-6/h2-5,16H,1H3. The molecule has 17 heavy (non-hydrogen) atoms. The van der Waals surface area contributed by atoms with Gasteiger partial charge in [0.15, 0.2) is 17.5 Å². The molecule has 2 rings (SSSR count). The number of halogens is 3. The molecule has 0 amide bonds. The van der Waals surface area contributed by atoms with Crippen molar-refractivity contribution < 1.29 is 18.3 Å². The van der Waals surface area contributed by atoms with Gasteiger partial charge in [-0.3, -0.25) is 0 Å². The molecular weight excluding hydrogens is 251 g/mol. The minimum atomic E-state index is -1.50. The molecule has 0 aliphatic carbocycles. The molecule has 1 N–H and O–H groups in total. The SMILES string of the molecule is CC(O)c1csc(-c2cc(F)c(F)c(F)c2)n1. The number of benzene rings is 1. The molecule has 0 radical (unpaired) electrons. The Balaban J connectivity index is 2.46. The molecule has 0 aliphatic rings. The largest absolute Gasteiger partial charge is 0.387 e. The van der Waals surface area contributed by atoms with E-state index in [0.29, 0.717) is 10.7 Å². The molecule has 1 heterocycles. The third kappa shape index (κ3) is 2.32. The molecule has 1 atom stereocenters. The monoisotopic (exact) mass is 259 g/mol. The Hall–Kier alpha value is -1.40. The lowest BCUT2D eigenvalue weighted by Crippen LogP contribution is -1.93. The Morgan fingerprint density at radius 1 is 1.24 bits per heavy atom. The van der Waals surface area contributed by atoms with Gasteiger partial charge in [0.2, 0.25) is 0 Å². The van der Waals surface area contributed by atoms with Crippen LogP contribution in [0, 0.1) is 17.5 Å². The molecule has 1 aromatic heterocycles. The van der Waals surface area contributed by atoms with Crippen LogP contribution in [-0.2, 0) is 0 Å². The summed E-state index contributed by atoms with van der Waals surface area (Å²) in [5.41, 5.74) is 0.563. The molecule has 0 saturated carbocycles. The fraction of sp³-hybridized carbons (Fsp3) is 0.182. The quantitative estimate of drug-likeness (QED) is 0.839. The van der Waals surface area contributed by atoms with Crippen LogP contribution in [0.15, 0.2) is 17.5 Å². The number of aliphatic hydroxyl groups excluding tert-OH is 1. The highest BCUT2D eigenvalue weighted by Gasteiger charge is 2.14. The number of hydrogen-bond acceptors (Lipinski definition) is 3. The zero-order chi connectivity index (χ0) is 12.6. The van der Waals surface area contributed by atoms with Gasteiger partial charge >= 0.3 is 0 Å². The first-order valence-electron chi connectivity index (χ1n) is 4.77. The summed E-state index contributed by atoms with van der Waals surface area (Å²) in [5, 5.41) is 11.2. The fourth-order valence-electron chi connectivity index (χ4n) is 1.29. The fourth-order valence-corrected chi connectivity index (χ4v) is 2.18. The average Bonchev–Trinajstić information content (AvgIpc) is 2.74. The van der Waals surface area contributed by atoms with Gasteiger partial charge in [0.25, 0.3) is 0 Å². The van der Waals surface area contributed by atoms with E-state index in [1.54, 1.807) is 5.38 Å². The molecule has 6 heteroatoms. The summed E-state index contributed by atoms with van der Waals surface area (Å²) in [5.74, 6) is -4.01. The number of thiazole rings is 1. The second kappa shape index (κ2) is 4.46. The molecule has 90 valence electrons. The van der Waals surface area contributed by atoms with Gasteiger partial charge in [-0.1, -0.05) is 0 Å². The minimum absolute atomic E-state index is 0.151. The summed E-state index contributed by atoms with van der Waals surface area (Å²) in [7, 11) is 0. The number of aliphatic hydroxyl groups is 1. The molecule has 0 aliphatic heterocycles. The third-order valence-electron chi connectivity index (χ3n) is 2.18. The van der Waals surface area contributed by atoms with Crippen molar-refractivity contribution in [1.29, 1.82) is 0 Å². The molecule has 0 saturated heterocycles. The van der Waals surface area contributed by atoms with E-state index >= 15 is 0 Å². The highest BCUT2D eigenvalue weighted by molar-refractivity contribution is 7.13. The minimum Gasteiger partial charge on any atom is -0.387 e. The summed E-state index contributed by atoms with van der Waals surface area (Å²) < 4.78 is 38.8.